The zero-order valence-electron chi connectivity index (χ0n) is 15.0. The molecule has 0 unspecified atom stereocenters. The molecule has 1 aromatic carbocycles. The van der Waals surface area contributed by atoms with Gasteiger partial charge in [0.25, 0.3) is 0 Å². The van der Waals surface area contributed by atoms with Crippen LogP contribution in [0.3, 0.4) is 0 Å². The fourth-order valence-corrected chi connectivity index (χ4v) is 3.29. The van der Waals surface area contributed by atoms with E-state index < -0.39 is 0 Å². The van der Waals surface area contributed by atoms with E-state index in [2.05, 4.69) is 29.2 Å². The number of rotatable bonds is 4. The van der Waals surface area contributed by atoms with E-state index in [4.69, 9.17) is 4.74 Å². The van der Waals surface area contributed by atoms with Crippen LogP contribution < -0.4 is 10.9 Å². The zero-order valence-corrected chi connectivity index (χ0v) is 15.0. The molecular formula is C19H22N4O3. The van der Waals surface area contributed by atoms with Gasteiger partial charge in [-0.3, -0.25) is 24.4 Å². The lowest BCUT2D eigenvalue weighted by Crippen LogP contribution is -2.30. The summed E-state index contributed by atoms with van der Waals surface area (Å²) in [6, 6.07) is 6.92. The molecule has 3 aliphatic rings. The molecule has 0 radical (unpaired) electrons. The summed E-state index contributed by atoms with van der Waals surface area (Å²) in [7, 11) is 0. The molecule has 0 spiro atoms. The molecule has 4 rings (SSSR count). The summed E-state index contributed by atoms with van der Waals surface area (Å²) in [6.45, 7) is 6.27. The molecule has 0 saturated heterocycles. The molecule has 1 aromatic rings. The van der Waals surface area contributed by atoms with Crippen molar-refractivity contribution in [3.63, 3.8) is 0 Å². The van der Waals surface area contributed by atoms with Crippen LogP contribution in [0.5, 0.6) is 0 Å². The van der Waals surface area contributed by atoms with E-state index in [9.17, 15) is 9.59 Å². The predicted molar refractivity (Wildman–Crippen MR) is 99.7 cm³/mol. The van der Waals surface area contributed by atoms with Gasteiger partial charge in [0, 0.05) is 29.2 Å². The molecule has 0 saturated carbocycles. The predicted octanol–water partition coefficient (Wildman–Crippen LogP) is 1.98. The molecule has 0 bridgehead atoms. The Balaban J connectivity index is 1.61. The van der Waals surface area contributed by atoms with E-state index in [0.29, 0.717) is 41.0 Å². The van der Waals surface area contributed by atoms with Gasteiger partial charge >= 0.3 is 0 Å². The number of aromatic amines is 2. The Morgan fingerprint density at radius 3 is 2.62 bits per heavy atom. The molecular weight excluding hydrogens is 332 g/mol. The van der Waals surface area contributed by atoms with Crippen LogP contribution >= 0.6 is 0 Å². The SMILES string of the molecule is CC1(C)CN=C(CCCn2[nH][nH]c3c(=O)c4ccccc4c(=O)c2=3)OC1. The van der Waals surface area contributed by atoms with Gasteiger partial charge in [-0.2, -0.15) is 0 Å². The van der Waals surface area contributed by atoms with Crippen LogP contribution in [0.25, 0.3) is 10.8 Å². The van der Waals surface area contributed by atoms with Crippen molar-refractivity contribution in [3.05, 3.63) is 55.4 Å². The first-order valence-corrected chi connectivity index (χ1v) is 8.84. The smallest absolute Gasteiger partial charge is 0.214 e. The number of nitrogens with zero attached hydrogens (tertiary/aromatic N) is 2. The molecule has 1 aliphatic carbocycles. The summed E-state index contributed by atoms with van der Waals surface area (Å²) < 4.78 is 7.42. The zero-order chi connectivity index (χ0) is 18.3. The molecule has 26 heavy (non-hydrogen) atoms. The van der Waals surface area contributed by atoms with Crippen molar-refractivity contribution in [2.24, 2.45) is 10.4 Å². The minimum Gasteiger partial charge on any atom is -0.480 e. The fourth-order valence-electron chi connectivity index (χ4n) is 3.29. The fraction of sp³-hybridized carbons (Fsp3) is 0.421. The second-order valence-corrected chi connectivity index (χ2v) is 7.58. The lowest BCUT2D eigenvalue weighted by atomic mass is 9.94. The van der Waals surface area contributed by atoms with Crippen LogP contribution in [0.15, 0.2) is 38.8 Å². The number of H-pyrrole nitrogens is 2. The van der Waals surface area contributed by atoms with Crippen molar-refractivity contribution < 1.29 is 4.74 Å². The highest BCUT2D eigenvalue weighted by Crippen LogP contribution is 2.21. The van der Waals surface area contributed by atoms with Gasteiger partial charge in [0.1, 0.15) is 10.7 Å². The first kappa shape index (κ1) is 16.6. The normalized spacial score (nSPS) is 16.6. The summed E-state index contributed by atoms with van der Waals surface area (Å²) in [6.07, 6.45) is 1.46. The number of benzene rings is 1. The van der Waals surface area contributed by atoms with Crippen molar-refractivity contribution in [3.8, 4) is 0 Å². The minimum absolute atomic E-state index is 0.0892. The molecule has 2 aliphatic heterocycles. The minimum atomic E-state index is -0.160. The summed E-state index contributed by atoms with van der Waals surface area (Å²) in [5, 5.41) is 7.39. The topological polar surface area (TPSA) is 92.2 Å². The Morgan fingerprint density at radius 2 is 1.92 bits per heavy atom. The van der Waals surface area contributed by atoms with Gasteiger partial charge in [-0.1, -0.05) is 38.1 Å². The van der Waals surface area contributed by atoms with E-state index in [1.54, 1.807) is 28.9 Å². The van der Waals surface area contributed by atoms with E-state index in [-0.39, 0.29) is 16.3 Å². The third-order valence-electron chi connectivity index (χ3n) is 4.77. The van der Waals surface area contributed by atoms with Gasteiger partial charge in [-0.05, 0) is 6.42 Å². The Labute approximate surface area is 149 Å². The van der Waals surface area contributed by atoms with Gasteiger partial charge in [-0.25, -0.2) is 5.21 Å². The van der Waals surface area contributed by atoms with Crippen molar-refractivity contribution >= 4 is 16.7 Å². The molecule has 0 aromatic heterocycles. The highest BCUT2D eigenvalue weighted by atomic mass is 16.5. The van der Waals surface area contributed by atoms with Crippen molar-refractivity contribution in [1.82, 2.24) is 15.0 Å². The first-order valence-electron chi connectivity index (χ1n) is 8.84. The van der Waals surface area contributed by atoms with Crippen LogP contribution in [0, 0.1) is 16.1 Å². The summed E-state index contributed by atoms with van der Waals surface area (Å²) in [4.78, 5) is 29.9. The number of hydrogen-bond donors (Lipinski definition) is 2. The van der Waals surface area contributed by atoms with Crippen LogP contribution in [0.4, 0.5) is 0 Å². The highest BCUT2D eigenvalue weighted by Gasteiger charge is 2.23. The average molecular weight is 354 g/mol. The molecule has 7 heteroatoms. The van der Waals surface area contributed by atoms with Crippen LogP contribution in [-0.2, 0) is 11.3 Å². The second-order valence-electron chi connectivity index (χ2n) is 7.58. The Morgan fingerprint density at radius 1 is 1.19 bits per heavy atom. The quantitative estimate of drug-likeness (QED) is 0.750. The maximum absolute atomic E-state index is 12.8. The van der Waals surface area contributed by atoms with Gasteiger partial charge < -0.3 is 4.74 Å². The molecule has 0 fully saturated rings. The van der Waals surface area contributed by atoms with Crippen molar-refractivity contribution in [1.29, 1.82) is 0 Å². The number of nitrogens with one attached hydrogen (secondary N) is 2. The molecule has 2 heterocycles. The summed E-state index contributed by atoms with van der Waals surface area (Å²) >= 11 is 0. The van der Waals surface area contributed by atoms with Crippen LogP contribution in [0.2, 0.25) is 0 Å². The van der Waals surface area contributed by atoms with E-state index in [1.165, 1.54) is 0 Å². The monoisotopic (exact) mass is 354 g/mol. The summed E-state index contributed by atoms with van der Waals surface area (Å²) in [5.41, 5.74) is -0.209. The average Bonchev–Trinajstić information content (AvgIpc) is 3.05. The molecule has 0 atom stereocenters. The number of hydrogen-bond acceptors (Lipinski definition) is 4. The highest BCUT2D eigenvalue weighted by molar-refractivity contribution is 5.81. The lowest BCUT2D eigenvalue weighted by Gasteiger charge is -2.28. The number of aliphatic imine (C=N–C) groups is 1. The number of aryl methyl sites for hydroxylation is 1. The number of fused-ring (bicyclic) bond motifs is 1. The van der Waals surface area contributed by atoms with E-state index in [0.717, 1.165) is 18.9 Å². The van der Waals surface area contributed by atoms with E-state index in [1.807, 2.05) is 0 Å². The van der Waals surface area contributed by atoms with Crippen molar-refractivity contribution in [2.75, 3.05) is 13.2 Å². The Bertz CT molecular complexity index is 1170. The number of aromatic nitrogens is 3. The number of ether oxygens (including phenoxy) is 1. The third kappa shape index (κ3) is 2.83. The maximum Gasteiger partial charge on any atom is 0.214 e. The van der Waals surface area contributed by atoms with Gasteiger partial charge in [0.15, 0.2) is 5.90 Å². The Kier molecular flexibility index (Phi) is 3.94. The maximum atomic E-state index is 12.8. The second kappa shape index (κ2) is 6.16. The van der Waals surface area contributed by atoms with Gasteiger partial charge in [0.05, 0.1) is 13.2 Å². The molecule has 7 nitrogen and oxygen atoms in total. The first-order chi connectivity index (χ1) is 12.5. The van der Waals surface area contributed by atoms with Crippen molar-refractivity contribution in [2.45, 2.75) is 33.2 Å². The van der Waals surface area contributed by atoms with Gasteiger partial charge in [0.2, 0.25) is 10.9 Å². The largest absolute Gasteiger partial charge is 0.480 e. The standard InChI is InChI=1S/C19H22N4O3/c1-19(2)10-20-14(26-11-19)8-5-9-23-16-15(21-22-23)17(24)12-6-3-4-7-13(12)18(16)25/h3-4,6-7,21-22H,5,8-11H2,1-2H3. The molecule has 2 N–H and O–H groups in total. The Hall–Kier alpha value is -2.83. The van der Waals surface area contributed by atoms with Gasteiger partial charge in [-0.15, -0.1) is 0 Å². The molecule has 0 amide bonds. The van der Waals surface area contributed by atoms with Crippen LogP contribution in [-0.4, -0.2) is 34.0 Å². The molecule has 136 valence electrons. The lowest BCUT2D eigenvalue weighted by molar-refractivity contribution is 0.151. The van der Waals surface area contributed by atoms with Crippen LogP contribution in [0.1, 0.15) is 26.7 Å². The van der Waals surface area contributed by atoms with E-state index >= 15 is 0 Å². The summed E-state index contributed by atoms with van der Waals surface area (Å²) in [5.74, 6) is 0.766. The third-order valence-corrected chi connectivity index (χ3v) is 4.77.